The van der Waals surface area contributed by atoms with Crippen LogP contribution in [0.3, 0.4) is 0 Å². The van der Waals surface area contributed by atoms with E-state index in [0.717, 1.165) is 0 Å². The molecule has 0 saturated heterocycles. The molecule has 0 rings (SSSR count). The highest BCUT2D eigenvalue weighted by atomic mass is 32.2. The van der Waals surface area contributed by atoms with E-state index in [1.807, 2.05) is 0 Å². The Morgan fingerprint density at radius 3 is 1.11 bits per heavy atom. The fraction of sp³-hybridized carbons (Fsp3) is 0.667. The molecule has 0 aromatic carbocycles. The van der Waals surface area contributed by atoms with E-state index in [2.05, 4.69) is 0 Å². The first kappa shape index (κ1) is 18.1. The van der Waals surface area contributed by atoms with Crippen LogP contribution in [-0.2, 0) is 25.3 Å². The number of nitrogens with two attached hydrogens (primary N) is 3. The van der Waals surface area contributed by atoms with Crippen molar-refractivity contribution < 1.29 is 29.7 Å². The molecule has 0 aliphatic rings. The predicted octanol–water partition coefficient (Wildman–Crippen LogP) is -4.86. The van der Waals surface area contributed by atoms with Crippen LogP contribution in [0.15, 0.2) is 0 Å². The fourth-order valence-electron chi connectivity index (χ4n) is 0.975. The van der Waals surface area contributed by atoms with Gasteiger partial charge in [-0.3, -0.25) is 0 Å². The Labute approximate surface area is 112 Å². The van der Waals surface area contributed by atoms with E-state index < -0.39 is 64.2 Å². The van der Waals surface area contributed by atoms with Gasteiger partial charge in [-0.15, -0.1) is 0 Å². The van der Waals surface area contributed by atoms with Crippen LogP contribution in [0, 0.1) is 0 Å². The standard InChI is InChI=1S/C9H18N3O6S/c10-4(1-13)7(16)19(8(17)5(11)2-14)9(18)6(12)3-15/h4-6,13-15H,1-3,10-12H2/q+1. The van der Waals surface area contributed by atoms with Gasteiger partial charge >= 0.3 is 15.3 Å². The van der Waals surface area contributed by atoms with E-state index in [4.69, 9.17) is 32.5 Å². The van der Waals surface area contributed by atoms with Gasteiger partial charge in [0.2, 0.25) is 10.9 Å². The Hall–Kier alpha value is -0.880. The Kier molecular flexibility index (Phi) is 7.94. The molecule has 10 heteroatoms. The molecule has 9 N–H and O–H groups in total. The molecular weight excluding hydrogens is 278 g/mol. The van der Waals surface area contributed by atoms with Gasteiger partial charge in [-0.05, 0) is 0 Å². The first-order valence-electron chi connectivity index (χ1n) is 5.26. The second kappa shape index (κ2) is 8.32. The highest BCUT2D eigenvalue weighted by Crippen LogP contribution is 2.09. The lowest BCUT2D eigenvalue weighted by Gasteiger charge is -2.11. The van der Waals surface area contributed by atoms with Gasteiger partial charge in [0.1, 0.15) is 18.1 Å². The Morgan fingerprint density at radius 2 is 0.947 bits per heavy atom. The molecule has 0 saturated carbocycles. The van der Waals surface area contributed by atoms with Crippen LogP contribution in [0.1, 0.15) is 0 Å². The van der Waals surface area contributed by atoms with Crippen molar-refractivity contribution in [3.8, 4) is 0 Å². The van der Waals surface area contributed by atoms with Crippen molar-refractivity contribution in [3.63, 3.8) is 0 Å². The minimum atomic E-state index is -2.22. The van der Waals surface area contributed by atoms with Gasteiger partial charge in [-0.1, -0.05) is 0 Å². The summed E-state index contributed by atoms with van der Waals surface area (Å²) < 4.78 is 0. The van der Waals surface area contributed by atoms with Gasteiger partial charge in [0, 0.05) is 0 Å². The van der Waals surface area contributed by atoms with Crippen LogP contribution >= 0.6 is 0 Å². The third kappa shape index (κ3) is 4.62. The number of carbonyl (C=O) groups excluding carboxylic acids is 3. The molecule has 0 spiro atoms. The molecule has 0 aliphatic heterocycles. The van der Waals surface area contributed by atoms with Gasteiger partial charge < -0.3 is 32.5 Å². The molecule has 3 atom stereocenters. The lowest BCUT2D eigenvalue weighted by atomic mass is 10.4. The maximum atomic E-state index is 11.8. The minimum absolute atomic E-state index is 0.758. The van der Waals surface area contributed by atoms with Gasteiger partial charge in [0.05, 0.1) is 19.8 Å². The van der Waals surface area contributed by atoms with Crippen LogP contribution in [0.25, 0.3) is 0 Å². The summed E-state index contributed by atoms with van der Waals surface area (Å²) in [6.45, 7) is -2.27. The third-order valence-corrected chi connectivity index (χ3v) is 4.22. The van der Waals surface area contributed by atoms with E-state index in [-0.39, 0.29) is 0 Å². The molecular formula is C9H18N3O6S+. The highest BCUT2D eigenvalue weighted by Gasteiger charge is 2.52. The summed E-state index contributed by atoms with van der Waals surface area (Å²) in [7, 11) is -2.22. The number of carbonyl (C=O) groups is 3. The molecule has 3 unspecified atom stereocenters. The topological polar surface area (TPSA) is 190 Å². The summed E-state index contributed by atoms with van der Waals surface area (Å²) in [5.74, 6) is 0. The van der Waals surface area contributed by atoms with Gasteiger partial charge in [0.15, 0.2) is 0 Å². The maximum absolute atomic E-state index is 11.8. The zero-order valence-corrected chi connectivity index (χ0v) is 10.9. The van der Waals surface area contributed by atoms with Crippen molar-refractivity contribution >= 4 is 26.2 Å². The molecule has 19 heavy (non-hydrogen) atoms. The molecule has 0 heterocycles. The smallest absolute Gasteiger partial charge is 0.367 e. The van der Waals surface area contributed by atoms with Crippen molar-refractivity contribution in [2.45, 2.75) is 18.1 Å². The molecule has 0 aromatic heterocycles. The second-order valence-electron chi connectivity index (χ2n) is 3.63. The monoisotopic (exact) mass is 296 g/mol. The van der Waals surface area contributed by atoms with E-state index in [0.29, 0.717) is 0 Å². The number of hydrogen-bond acceptors (Lipinski definition) is 9. The molecule has 110 valence electrons. The third-order valence-electron chi connectivity index (χ3n) is 2.10. The molecule has 9 nitrogen and oxygen atoms in total. The second-order valence-corrected chi connectivity index (χ2v) is 5.45. The molecule has 0 aromatic rings. The summed E-state index contributed by atoms with van der Waals surface area (Å²) in [4.78, 5) is 35.4. The zero-order valence-electron chi connectivity index (χ0n) is 10.1. The van der Waals surface area contributed by atoms with E-state index >= 15 is 0 Å². The summed E-state index contributed by atoms with van der Waals surface area (Å²) in [5.41, 5.74) is 15.8. The molecule has 0 radical (unpaired) electrons. The lowest BCUT2D eigenvalue weighted by Crippen LogP contribution is -2.54. The van der Waals surface area contributed by atoms with Gasteiger partial charge in [-0.25, -0.2) is 14.4 Å². The van der Waals surface area contributed by atoms with Crippen LogP contribution in [-0.4, -0.2) is 68.6 Å². The number of hydrogen-bond donors (Lipinski definition) is 6. The largest absolute Gasteiger partial charge is 0.394 e. The first-order chi connectivity index (χ1) is 8.81. The fourth-order valence-corrected chi connectivity index (χ4v) is 2.70. The molecule has 0 fully saturated rings. The van der Waals surface area contributed by atoms with Gasteiger partial charge in [-0.2, -0.15) is 0 Å². The van der Waals surface area contributed by atoms with Crippen LogP contribution in [0.5, 0.6) is 0 Å². The Balaban J connectivity index is 5.31. The predicted molar refractivity (Wildman–Crippen MR) is 67.6 cm³/mol. The van der Waals surface area contributed by atoms with Crippen molar-refractivity contribution in [2.24, 2.45) is 17.2 Å². The Morgan fingerprint density at radius 1 is 0.737 bits per heavy atom. The van der Waals surface area contributed by atoms with Gasteiger partial charge in [0.25, 0.3) is 0 Å². The average molecular weight is 296 g/mol. The SMILES string of the molecule is NC(CO)C(=O)[S+](C(=O)C(N)CO)C(=O)C(N)CO. The number of aliphatic hydroxyl groups is 3. The van der Waals surface area contributed by atoms with Crippen molar-refractivity contribution in [1.29, 1.82) is 0 Å². The molecule has 0 bridgehead atoms. The van der Waals surface area contributed by atoms with E-state index in [1.54, 1.807) is 0 Å². The van der Waals surface area contributed by atoms with Crippen molar-refractivity contribution in [1.82, 2.24) is 0 Å². The Bertz CT molecular complexity index is 301. The average Bonchev–Trinajstić information content (AvgIpc) is 2.43. The zero-order chi connectivity index (χ0) is 15.2. The molecule has 0 aliphatic carbocycles. The first-order valence-corrected chi connectivity index (χ1v) is 6.49. The minimum Gasteiger partial charge on any atom is -0.394 e. The van der Waals surface area contributed by atoms with Crippen molar-refractivity contribution in [3.05, 3.63) is 0 Å². The number of aliphatic hydroxyl groups excluding tert-OH is 3. The maximum Gasteiger partial charge on any atom is 0.367 e. The van der Waals surface area contributed by atoms with E-state index in [9.17, 15) is 14.4 Å². The summed E-state index contributed by atoms with van der Waals surface area (Å²) >= 11 is 0. The van der Waals surface area contributed by atoms with Crippen LogP contribution < -0.4 is 17.2 Å². The van der Waals surface area contributed by atoms with Crippen LogP contribution in [0.4, 0.5) is 0 Å². The quantitative estimate of drug-likeness (QED) is 0.261. The summed E-state index contributed by atoms with van der Waals surface area (Å²) in [5, 5.41) is 23.3. The van der Waals surface area contributed by atoms with Crippen LogP contribution in [0.2, 0.25) is 0 Å². The summed E-state index contributed by atoms with van der Waals surface area (Å²) in [6.07, 6.45) is 0. The summed E-state index contributed by atoms with van der Waals surface area (Å²) in [6, 6.07) is -4.31. The van der Waals surface area contributed by atoms with Crippen molar-refractivity contribution in [2.75, 3.05) is 19.8 Å². The van der Waals surface area contributed by atoms with E-state index in [1.165, 1.54) is 0 Å². The lowest BCUT2D eigenvalue weighted by molar-refractivity contribution is -0.117. The normalized spacial score (nSPS) is 17.4. The highest BCUT2D eigenvalue weighted by molar-refractivity contribution is 8.34. The molecule has 0 amide bonds. The number of rotatable bonds is 6.